The fraction of sp³-hybridized carbons (Fsp3) is 1.00. The molecule has 0 spiro atoms. The lowest BCUT2D eigenvalue weighted by Gasteiger charge is -1.99. The first kappa shape index (κ1) is 34.6. The summed E-state index contributed by atoms with van der Waals surface area (Å²) in [6.45, 7) is 1.71. The molecule has 1 N–H and O–H groups in total. The van der Waals surface area contributed by atoms with Crippen molar-refractivity contribution in [1.82, 2.24) is 0 Å². The molecule has 218 valence electrons. The van der Waals surface area contributed by atoms with Gasteiger partial charge in [0.15, 0.2) is 0 Å². The first-order chi connectivity index (χ1) is 17.9. The van der Waals surface area contributed by atoms with E-state index in [0.29, 0.717) is 0 Å². The highest BCUT2D eigenvalue weighted by Gasteiger charge is 2.02. The van der Waals surface area contributed by atoms with Crippen LogP contribution in [0, 0.1) is 0 Å². The summed E-state index contributed by atoms with van der Waals surface area (Å²) in [6.07, 6.45) is 0. The molecule has 0 heterocycles. The molecule has 0 amide bonds. The second-order valence-corrected chi connectivity index (χ2v) is 2.59. The van der Waals surface area contributed by atoms with E-state index in [-0.39, 0.29) is 6.61 Å². The van der Waals surface area contributed by atoms with Crippen LogP contribution >= 0.6 is 0 Å². The fourth-order valence-electron chi connectivity index (χ4n) is 0.409. The van der Waals surface area contributed by atoms with Crippen molar-refractivity contribution >= 4 is 0 Å². The molecule has 0 aromatic rings. The lowest BCUT2D eigenvalue weighted by atomic mass is 10.9. The second kappa shape index (κ2) is 33.6. The molecule has 0 aliphatic rings. The average Bonchev–Trinajstić information content (AvgIpc) is 2.89. The van der Waals surface area contributed by atoms with Crippen LogP contribution in [-0.2, 0) is 166 Å². The van der Waals surface area contributed by atoms with Crippen LogP contribution in [0.5, 0.6) is 0 Å². The highest BCUT2D eigenvalue weighted by atomic mass is 18.0. The molecule has 34 heteroatoms. The van der Waals surface area contributed by atoms with E-state index in [1.165, 1.54) is 0 Å². The molecule has 0 aliphatic carbocycles. The summed E-state index contributed by atoms with van der Waals surface area (Å²) < 4.78 is 0. The van der Waals surface area contributed by atoms with Crippen LogP contribution in [0.3, 0.4) is 0 Å². The van der Waals surface area contributed by atoms with Crippen LogP contribution in [0.25, 0.3) is 0 Å². The molecule has 0 aliphatic heterocycles. The maximum Gasteiger partial charge on any atom is 0.0826 e. The first-order valence-corrected chi connectivity index (χ1v) is 6.51. The SMILES string of the molecule is CCOOOOOOOOOOOOOOOOOOOOOOOOOOOOOOOOOO. The Morgan fingerprint density at radius 2 is 0.444 bits per heavy atom. The summed E-state index contributed by atoms with van der Waals surface area (Å²) >= 11 is 0. The summed E-state index contributed by atoms with van der Waals surface area (Å²) in [7, 11) is 0. The molecule has 0 fully saturated rings. The van der Waals surface area contributed by atoms with Crippen molar-refractivity contribution in [3.05, 3.63) is 0 Å². The van der Waals surface area contributed by atoms with E-state index in [2.05, 4.69) is 166 Å². The zero-order chi connectivity index (χ0) is 26.0. The minimum atomic E-state index is 0.139. The van der Waals surface area contributed by atoms with Gasteiger partial charge in [-0.1, -0.05) is 0 Å². The molecule has 0 atom stereocenters. The van der Waals surface area contributed by atoms with Crippen molar-refractivity contribution in [1.29, 1.82) is 0 Å². The monoisotopic (exact) mass is 574 g/mol. The predicted molar refractivity (Wildman–Crippen MR) is 49.0 cm³/mol. The molecular weight excluding hydrogens is 568 g/mol. The van der Waals surface area contributed by atoms with E-state index in [0.717, 1.165) is 0 Å². The van der Waals surface area contributed by atoms with Gasteiger partial charge in [-0.2, -0.15) is 0 Å². The van der Waals surface area contributed by atoms with Gasteiger partial charge in [-0.3, -0.25) is 0 Å². The van der Waals surface area contributed by atoms with Crippen LogP contribution in [0.1, 0.15) is 6.92 Å². The summed E-state index contributed by atoms with van der Waals surface area (Å²) in [5.41, 5.74) is 0. The number of hydrogen-bond donors (Lipinski definition) is 1. The fourth-order valence-corrected chi connectivity index (χ4v) is 0.409. The van der Waals surface area contributed by atoms with Gasteiger partial charge in [0, 0.05) is 80.6 Å². The van der Waals surface area contributed by atoms with E-state index in [4.69, 9.17) is 5.26 Å². The molecule has 0 unspecified atom stereocenters. The second-order valence-electron chi connectivity index (χ2n) is 2.59. The van der Waals surface area contributed by atoms with Gasteiger partial charge in [-0.15, -0.1) is 0 Å². The zero-order valence-corrected chi connectivity index (χ0v) is 15.6. The Morgan fingerprint density at radius 1 is 0.278 bits per heavy atom. The molecule has 0 rings (SSSR count). The maximum atomic E-state index is 7.55. The molecule has 36 heavy (non-hydrogen) atoms. The lowest BCUT2D eigenvalue weighted by Crippen LogP contribution is -2.06. The van der Waals surface area contributed by atoms with Crippen molar-refractivity contribution in [2.24, 2.45) is 0 Å². The molecule has 0 bridgehead atoms. The quantitative estimate of drug-likeness (QED) is 0.0518. The Labute approximate surface area is 186 Å². The maximum absolute atomic E-state index is 7.55. The summed E-state index contributed by atoms with van der Waals surface area (Å²) in [6, 6.07) is 0. The van der Waals surface area contributed by atoms with Gasteiger partial charge in [0.05, 0.1) is 6.61 Å². The van der Waals surface area contributed by atoms with Crippen LogP contribution in [0.4, 0.5) is 0 Å². The highest BCUT2D eigenvalue weighted by Crippen LogP contribution is 1.95. The van der Waals surface area contributed by atoms with E-state index in [1.807, 2.05) is 0 Å². The van der Waals surface area contributed by atoms with Gasteiger partial charge < -0.3 is 0 Å². The smallest absolute Gasteiger partial charge is 0.0826 e. The third-order valence-corrected chi connectivity index (χ3v) is 1.03. The Balaban J connectivity index is 3.00. The van der Waals surface area contributed by atoms with Gasteiger partial charge in [0.25, 0.3) is 0 Å². The highest BCUT2D eigenvalue weighted by molar-refractivity contribution is 3.89. The van der Waals surface area contributed by atoms with Crippen molar-refractivity contribution in [3.63, 3.8) is 0 Å². The minimum Gasteiger partial charge on any atom is -0.219 e. The van der Waals surface area contributed by atoms with Gasteiger partial charge in [-0.25, -0.2) is 10.1 Å². The van der Waals surface area contributed by atoms with Crippen LogP contribution in [0.15, 0.2) is 0 Å². The van der Waals surface area contributed by atoms with Crippen molar-refractivity contribution in [2.45, 2.75) is 6.92 Å². The Hall–Kier alpha value is -1.36. The van der Waals surface area contributed by atoms with E-state index >= 15 is 0 Å². The topological polar surface area (TPSA) is 325 Å². The zero-order valence-electron chi connectivity index (χ0n) is 15.6. The standard InChI is InChI=1S/C2H6O34/c1-2-4-6-8-10-12-14-16-18-20-22-24-26-28-30-32-34-36-35-33-31-29-27-25-23-21-19-17-15-13-11-9-7-5-3/h3H,2H2,1H3. The van der Waals surface area contributed by atoms with E-state index < -0.39 is 0 Å². The molecule has 0 saturated heterocycles. The van der Waals surface area contributed by atoms with E-state index in [9.17, 15) is 0 Å². The third-order valence-electron chi connectivity index (χ3n) is 1.03. The number of rotatable bonds is 33. The minimum absolute atomic E-state index is 0.139. The molecule has 0 radical (unpaired) electrons. The lowest BCUT2D eigenvalue weighted by molar-refractivity contribution is -0.906. The molecule has 0 saturated carbocycles. The normalized spacial score (nSPS) is 11.5. The molecule has 0 aromatic heterocycles. The van der Waals surface area contributed by atoms with E-state index in [1.54, 1.807) is 6.92 Å². The summed E-state index contributed by atoms with van der Waals surface area (Å²) in [5.74, 6) is 0. The molecule has 0 aromatic carbocycles. The molecular formula is C2H6O34. The summed E-state index contributed by atoms with van der Waals surface area (Å²) in [4.78, 5) is 4.16. The van der Waals surface area contributed by atoms with Crippen LogP contribution < -0.4 is 0 Å². The summed E-state index contributed by atoms with van der Waals surface area (Å²) in [5, 5.41) is 119. The Bertz CT molecular complexity index is 323. The van der Waals surface area contributed by atoms with Gasteiger partial charge in [0.2, 0.25) is 0 Å². The van der Waals surface area contributed by atoms with Crippen molar-refractivity contribution in [2.75, 3.05) is 6.61 Å². The number of hydrogen-bond acceptors (Lipinski definition) is 34. The Kier molecular flexibility index (Phi) is 32.4. The van der Waals surface area contributed by atoms with Gasteiger partial charge in [-0.05, 0) is 87.5 Å². The van der Waals surface area contributed by atoms with Crippen LogP contribution in [-0.4, -0.2) is 11.9 Å². The predicted octanol–water partition coefficient (Wildman–Crippen LogP) is -1.69. The average molecular weight is 574 g/mol. The first-order valence-electron chi connectivity index (χ1n) is 6.51. The largest absolute Gasteiger partial charge is 0.219 e. The van der Waals surface area contributed by atoms with Gasteiger partial charge >= 0.3 is 0 Å². The Morgan fingerprint density at radius 3 is 0.611 bits per heavy atom. The van der Waals surface area contributed by atoms with Gasteiger partial charge in [0.1, 0.15) is 0 Å². The molecule has 34 nitrogen and oxygen atoms in total. The third kappa shape index (κ3) is 32.6. The van der Waals surface area contributed by atoms with Crippen molar-refractivity contribution < 1.29 is 171 Å². The van der Waals surface area contributed by atoms with Crippen LogP contribution in [0.2, 0.25) is 0 Å². The van der Waals surface area contributed by atoms with Crippen molar-refractivity contribution in [3.8, 4) is 0 Å².